The molecule has 0 aromatic heterocycles. The molecule has 0 aliphatic carbocycles. The van der Waals surface area contributed by atoms with Crippen LogP contribution in [0, 0.1) is 0 Å². The lowest BCUT2D eigenvalue weighted by Gasteiger charge is -2.25. The van der Waals surface area contributed by atoms with Gasteiger partial charge < -0.3 is 9.84 Å². The minimum Gasteiger partial charge on any atom is -0.494 e. The Hall–Kier alpha value is -1.60. The summed E-state index contributed by atoms with van der Waals surface area (Å²) < 4.78 is 32.3. The Morgan fingerprint density at radius 3 is 2.33 bits per heavy atom. The lowest BCUT2D eigenvalue weighted by atomic mass is 10.0. The molecular formula is C14H21NO5S. The van der Waals surface area contributed by atoms with Crippen molar-refractivity contribution in [2.75, 3.05) is 6.61 Å². The van der Waals surface area contributed by atoms with Crippen molar-refractivity contribution in [3.8, 4) is 5.75 Å². The largest absolute Gasteiger partial charge is 0.494 e. The molecule has 0 atom stereocenters. The van der Waals surface area contributed by atoms with Crippen LogP contribution in [0.5, 0.6) is 5.75 Å². The predicted molar refractivity (Wildman–Crippen MR) is 78.9 cm³/mol. The van der Waals surface area contributed by atoms with E-state index in [4.69, 9.17) is 9.84 Å². The minimum atomic E-state index is -3.70. The van der Waals surface area contributed by atoms with E-state index in [0.29, 0.717) is 12.4 Å². The van der Waals surface area contributed by atoms with Gasteiger partial charge >= 0.3 is 5.97 Å². The fraction of sp³-hybridized carbons (Fsp3) is 0.500. The molecule has 0 spiro atoms. The summed E-state index contributed by atoms with van der Waals surface area (Å²) in [5, 5.41) is 8.68. The van der Waals surface area contributed by atoms with Crippen LogP contribution in [0.25, 0.3) is 0 Å². The highest BCUT2D eigenvalue weighted by Crippen LogP contribution is 2.19. The molecule has 0 fully saturated rings. The Morgan fingerprint density at radius 2 is 1.86 bits per heavy atom. The lowest BCUT2D eigenvalue weighted by Crippen LogP contribution is -2.43. The number of hydrogen-bond acceptors (Lipinski definition) is 4. The quantitative estimate of drug-likeness (QED) is 0.765. The molecule has 0 unspecified atom stereocenters. The summed E-state index contributed by atoms with van der Waals surface area (Å²) >= 11 is 0. The van der Waals surface area contributed by atoms with E-state index in [1.807, 2.05) is 6.92 Å². The highest BCUT2D eigenvalue weighted by molar-refractivity contribution is 7.89. The van der Waals surface area contributed by atoms with Gasteiger partial charge in [-0.1, -0.05) is 0 Å². The van der Waals surface area contributed by atoms with Crippen molar-refractivity contribution in [3.63, 3.8) is 0 Å². The van der Waals surface area contributed by atoms with Crippen LogP contribution in [0.4, 0.5) is 0 Å². The molecule has 1 aromatic rings. The van der Waals surface area contributed by atoms with Gasteiger partial charge in [0.15, 0.2) is 0 Å². The molecule has 1 aromatic carbocycles. The number of aliphatic carboxylic acids is 1. The van der Waals surface area contributed by atoms with E-state index in [9.17, 15) is 13.2 Å². The molecule has 6 nitrogen and oxygen atoms in total. The minimum absolute atomic E-state index is 0.0984. The first-order chi connectivity index (χ1) is 9.66. The molecule has 0 bridgehead atoms. The van der Waals surface area contributed by atoms with Gasteiger partial charge in [0.05, 0.1) is 11.5 Å². The topological polar surface area (TPSA) is 92.7 Å². The first-order valence-corrected chi connectivity index (χ1v) is 8.13. The fourth-order valence-corrected chi connectivity index (χ4v) is 3.22. The van der Waals surface area contributed by atoms with Crippen molar-refractivity contribution in [3.05, 3.63) is 24.3 Å². The standard InChI is InChI=1S/C14H21NO5S/c1-4-20-11-5-7-12(8-6-11)21(18,19)15-14(2,3)10-9-13(16)17/h5-8,15H,4,9-10H2,1-3H3,(H,16,17). The molecule has 1 rings (SSSR count). The van der Waals surface area contributed by atoms with Crippen LogP contribution in [-0.4, -0.2) is 31.6 Å². The normalized spacial score (nSPS) is 12.1. The molecule has 2 N–H and O–H groups in total. The van der Waals surface area contributed by atoms with Crippen molar-refractivity contribution in [2.24, 2.45) is 0 Å². The molecule has 0 aliphatic rings. The molecule has 0 heterocycles. The first-order valence-electron chi connectivity index (χ1n) is 6.65. The van der Waals surface area contributed by atoms with Gasteiger partial charge in [0.25, 0.3) is 0 Å². The number of ether oxygens (including phenoxy) is 1. The van der Waals surface area contributed by atoms with Crippen molar-refractivity contribution < 1.29 is 23.1 Å². The van der Waals surface area contributed by atoms with Crippen LogP contribution in [0.2, 0.25) is 0 Å². The summed E-state index contributed by atoms with van der Waals surface area (Å²) in [5.41, 5.74) is -0.837. The number of hydrogen-bond donors (Lipinski definition) is 2. The van der Waals surface area contributed by atoms with E-state index < -0.39 is 21.5 Å². The van der Waals surface area contributed by atoms with Gasteiger partial charge in [0, 0.05) is 12.0 Å². The van der Waals surface area contributed by atoms with Crippen LogP contribution in [0.15, 0.2) is 29.2 Å². The van der Waals surface area contributed by atoms with Crippen molar-refractivity contribution >= 4 is 16.0 Å². The van der Waals surface area contributed by atoms with E-state index in [2.05, 4.69) is 4.72 Å². The third-order valence-electron chi connectivity index (χ3n) is 2.82. The first kappa shape index (κ1) is 17.5. The maximum Gasteiger partial charge on any atom is 0.303 e. The van der Waals surface area contributed by atoms with Gasteiger partial charge in [-0.05, 0) is 51.5 Å². The average molecular weight is 315 g/mol. The zero-order valence-corrected chi connectivity index (χ0v) is 13.2. The number of rotatable bonds is 8. The second kappa shape index (κ2) is 6.91. The van der Waals surface area contributed by atoms with Crippen LogP contribution >= 0.6 is 0 Å². The van der Waals surface area contributed by atoms with Gasteiger partial charge in [-0.25, -0.2) is 13.1 Å². The van der Waals surface area contributed by atoms with E-state index >= 15 is 0 Å². The van der Waals surface area contributed by atoms with E-state index in [1.54, 1.807) is 26.0 Å². The number of carboxylic acids is 1. The zero-order valence-electron chi connectivity index (χ0n) is 12.4. The fourth-order valence-electron chi connectivity index (χ4n) is 1.77. The van der Waals surface area contributed by atoms with Crippen LogP contribution in [0.1, 0.15) is 33.6 Å². The third kappa shape index (κ3) is 5.73. The Labute approximate surface area is 125 Å². The smallest absolute Gasteiger partial charge is 0.303 e. The van der Waals surface area contributed by atoms with Gasteiger partial charge in [-0.3, -0.25) is 4.79 Å². The number of benzene rings is 1. The summed E-state index contributed by atoms with van der Waals surface area (Å²) in [6, 6.07) is 6.09. The zero-order chi connectivity index (χ0) is 16.1. The summed E-state index contributed by atoms with van der Waals surface area (Å²) in [7, 11) is -3.70. The molecule has 0 saturated heterocycles. The molecule has 0 amide bonds. The Balaban J connectivity index is 2.82. The predicted octanol–water partition coefficient (Wildman–Crippen LogP) is 2.01. The Morgan fingerprint density at radius 1 is 1.29 bits per heavy atom. The molecule has 21 heavy (non-hydrogen) atoms. The molecule has 0 radical (unpaired) electrons. The van der Waals surface area contributed by atoms with Crippen molar-refractivity contribution in [1.82, 2.24) is 4.72 Å². The molecule has 0 saturated carbocycles. The Kier molecular flexibility index (Phi) is 5.74. The maximum atomic E-state index is 12.3. The maximum absolute atomic E-state index is 12.3. The number of carboxylic acid groups (broad SMARTS) is 1. The summed E-state index contributed by atoms with van der Waals surface area (Å²) in [4.78, 5) is 10.7. The van der Waals surface area contributed by atoms with Crippen molar-refractivity contribution in [1.29, 1.82) is 0 Å². The van der Waals surface area contributed by atoms with Gasteiger partial charge in [-0.2, -0.15) is 0 Å². The number of carbonyl (C=O) groups is 1. The average Bonchev–Trinajstić information content (AvgIpc) is 2.36. The molecule has 118 valence electrons. The second-order valence-corrected chi connectivity index (χ2v) is 6.97. The van der Waals surface area contributed by atoms with Crippen LogP contribution < -0.4 is 9.46 Å². The summed E-state index contributed by atoms with van der Waals surface area (Å²) in [6.07, 6.45) is 0.109. The van der Waals surface area contributed by atoms with Crippen LogP contribution in [0.3, 0.4) is 0 Å². The monoisotopic (exact) mass is 315 g/mol. The number of sulfonamides is 1. The van der Waals surface area contributed by atoms with Gasteiger partial charge in [-0.15, -0.1) is 0 Å². The highest BCUT2D eigenvalue weighted by Gasteiger charge is 2.26. The molecule has 7 heteroatoms. The third-order valence-corrected chi connectivity index (χ3v) is 4.53. The van der Waals surface area contributed by atoms with Crippen LogP contribution in [-0.2, 0) is 14.8 Å². The van der Waals surface area contributed by atoms with E-state index in [-0.39, 0.29) is 17.7 Å². The molecule has 0 aliphatic heterocycles. The second-order valence-electron chi connectivity index (χ2n) is 5.29. The lowest BCUT2D eigenvalue weighted by molar-refractivity contribution is -0.137. The van der Waals surface area contributed by atoms with Crippen molar-refractivity contribution in [2.45, 2.75) is 44.0 Å². The van der Waals surface area contributed by atoms with E-state index in [1.165, 1.54) is 12.1 Å². The summed E-state index contributed by atoms with van der Waals surface area (Å²) in [5.74, 6) is -0.357. The molecular weight excluding hydrogens is 294 g/mol. The number of nitrogens with one attached hydrogen (secondary N) is 1. The van der Waals surface area contributed by atoms with Gasteiger partial charge in [0.2, 0.25) is 10.0 Å². The van der Waals surface area contributed by atoms with Gasteiger partial charge in [0.1, 0.15) is 5.75 Å². The van der Waals surface area contributed by atoms with E-state index in [0.717, 1.165) is 0 Å². The SMILES string of the molecule is CCOc1ccc(S(=O)(=O)NC(C)(C)CCC(=O)O)cc1. The summed E-state index contributed by atoms with van der Waals surface area (Å²) in [6.45, 7) is 5.66. The highest BCUT2D eigenvalue weighted by atomic mass is 32.2. The Bertz CT molecular complexity index is 578.